The standard InChI is InChI=1S/C54H36N2S.C30H22BrN.C24H16BNO2S/c1-3-13-37(14-4-1)39-23-29-42(30-24-39)55(43-31-25-40(26-32-43)38-15-5-2-6-16-38)44-33-27-41(28-34-44)49-35-45(36-50-48-19-9-12-22-53(48)57-54(49)50)56-51-20-10-7-17-46(51)47-18-8-11-21-52(47)56;31-27-15-21-30(22-16-27)32(28-17-11-25(12-18-28)23-7-3-1-4-8-23)29-19-13-26(14-20-29)24-9-5-2-6-10-24;27-25(28)20-14-15(13-19-18-9-3-6-12-23(18)29-24(19)20)26-21-10-4-1-7-16(21)17-8-2-5-11-22(17)26/h1-36H;1-22H;1-14,27-28H. The number of nitrogens with zero attached hydrogens (tertiary/aromatic N) is 4. The van der Waals surface area contributed by atoms with Crippen LogP contribution in [0.1, 0.15) is 0 Å². The van der Waals surface area contributed by atoms with E-state index >= 15 is 0 Å². The molecule has 0 unspecified atom stereocenters. The molecule has 0 amide bonds. The van der Waals surface area contributed by atoms with Crippen molar-refractivity contribution in [1.29, 1.82) is 0 Å². The van der Waals surface area contributed by atoms with Crippen LogP contribution in [0.2, 0.25) is 0 Å². The average molecular weight is 1610 g/mol. The smallest absolute Gasteiger partial charge is 0.423 e. The molecule has 0 saturated heterocycles. The normalized spacial score (nSPS) is 11.3. The second kappa shape index (κ2) is 32.0. The quantitative estimate of drug-likeness (QED) is 0.107. The molecular formula is C108H74BBrN4O2S2. The van der Waals surface area contributed by atoms with Crippen molar-refractivity contribution in [2.75, 3.05) is 9.80 Å². The molecule has 0 spiro atoms. The first-order valence-electron chi connectivity index (χ1n) is 39.6. The van der Waals surface area contributed by atoms with Gasteiger partial charge in [-0.05, 0) is 196 Å². The number of aromatic nitrogens is 2. The predicted octanol–water partition coefficient (Wildman–Crippen LogP) is 29.7. The number of hydrogen-bond donors (Lipinski definition) is 2. The zero-order valence-corrected chi connectivity index (χ0v) is 67.2. The van der Waals surface area contributed by atoms with Crippen LogP contribution in [0.5, 0.6) is 0 Å². The molecule has 4 aromatic heterocycles. The van der Waals surface area contributed by atoms with Gasteiger partial charge in [-0.3, -0.25) is 0 Å². The summed E-state index contributed by atoms with van der Waals surface area (Å²) < 4.78 is 10.4. The maximum Gasteiger partial charge on any atom is 0.489 e. The fourth-order valence-electron chi connectivity index (χ4n) is 16.7. The highest BCUT2D eigenvalue weighted by molar-refractivity contribution is 9.10. The molecule has 0 bridgehead atoms. The first-order chi connectivity index (χ1) is 58.3. The van der Waals surface area contributed by atoms with Crippen LogP contribution in [0.3, 0.4) is 0 Å². The molecule has 22 rings (SSSR count). The van der Waals surface area contributed by atoms with Crippen molar-refractivity contribution in [3.05, 3.63) is 441 Å². The van der Waals surface area contributed by atoms with Gasteiger partial charge >= 0.3 is 7.12 Å². The van der Waals surface area contributed by atoms with E-state index in [-0.39, 0.29) is 0 Å². The number of rotatable bonds is 14. The SMILES string of the molecule is Brc1ccc(N(c2ccc(-c3ccccc3)cc2)c2ccc(-c3ccccc3)cc2)cc1.OB(O)c1cc(-n2c3ccccc3c3ccccc32)cc2c1sc1ccccc12.c1ccc(-c2ccc(N(c3ccc(-c4ccccc4)cc3)c3ccc(-c4cc(-n5c6ccccc6c6ccccc65)cc5c4sc4ccccc45)cc3)cc2)cc1. The van der Waals surface area contributed by atoms with Gasteiger partial charge in [0.2, 0.25) is 0 Å². The number of halogens is 1. The Kier molecular flexibility index (Phi) is 19.8. The minimum atomic E-state index is -1.53. The summed E-state index contributed by atoms with van der Waals surface area (Å²) >= 11 is 7.04. The van der Waals surface area contributed by atoms with Crippen molar-refractivity contribution in [2.45, 2.75) is 0 Å². The van der Waals surface area contributed by atoms with E-state index in [0.717, 1.165) is 75.5 Å². The van der Waals surface area contributed by atoms with Crippen LogP contribution < -0.4 is 15.3 Å². The Morgan fingerprint density at radius 1 is 0.229 bits per heavy atom. The van der Waals surface area contributed by atoms with Crippen LogP contribution >= 0.6 is 38.6 Å². The van der Waals surface area contributed by atoms with E-state index in [9.17, 15) is 10.0 Å². The van der Waals surface area contributed by atoms with Crippen molar-refractivity contribution in [2.24, 2.45) is 0 Å². The van der Waals surface area contributed by atoms with E-state index < -0.39 is 7.12 Å². The topological polar surface area (TPSA) is 56.8 Å². The van der Waals surface area contributed by atoms with Crippen molar-refractivity contribution in [3.63, 3.8) is 0 Å². The number of fused-ring (bicyclic) bond motifs is 12. The summed E-state index contributed by atoms with van der Waals surface area (Å²) in [4.78, 5) is 4.65. The van der Waals surface area contributed by atoms with E-state index in [1.54, 1.807) is 11.3 Å². The molecule has 22 aromatic rings. The lowest BCUT2D eigenvalue weighted by Crippen LogP contribution is -2.30. The molecule has 0 atom stereocenters. The number of para-hydroxylation sites is 4. The van der Waals surface area contributed by atoms with Gasteiger partial charge < -0.3 is 29.0 Å². The van der Waals surface area contributed by atoms with Crippen LogP contribution in [0.15, 0.2) is 441 Å². The van der Waals surface area contributed by atoms with Gasteiger partial charge in [0.25, 0.3) is 0 Å². The summed E-state index contributed by atoms with van der Waals surface area (Å²) in [6.07, 6.45) is 0. The number of thiophene rings is 2. The van der Waals surface area contributed by atoms with Gasteiger partial charge in [-0.1, -0.05) is 307 Å². The highest BCUT2D eigenvalue weighted by Crippen LogP contribution is 2.47. The second-order valence-corrected chi connectivity index (χ2v) is 32.5. The molecule has 10 heteroatoms. The van der Waals surface area contributed by atoms with Gasteiger partial charge in [0.15, 0.2) is 0 Å². The van der Waals surface area contributed by atoms with Crippen LogP contribution in [0, 0.1) is 0 Å². The third kappa shape index (κ3) is 14.1. The molecule has 0 radical (unpaired) electrons. The summed E-state index contributed by atoms with van der Waals surface area (Å²) in [5, 5.41) is 30.0. The zero-order valence-electron chi connectivity index (χ0n) is 64.0. The second-order valence-electron chi connectivity index (χ2n) is 29.4. The van der Waals surface area contributed by atoms with E-state index in [2.05, 4.69) is 429 Å². The van der Waals surface area contributed by atoms with Gasteiger partial charge in [-0.2, -0.15) is 0 Å². The molecule has 6 nitrogen and oxygen atoms in total. The monoisotopic (exact) mass is 1610 g/mol. The third-order valence-electron chi connectivity index (χ3n) is 22.4. The lowest BCUT2D eigenvalue weighted by molar-refractivity contribution is 0.426. The maximum atomic E-state index is 10.1. The minimum Gasteiger partial charge on any atom is -0.423 e. The van der Waals surface area contributed by atoms with Crippen LogP contribution in [0.4, 0.5) is 34.1 Å². The Hall–Kier alpha value is -13.9. The fourth-order valence-corrected chi connectivity index (χ4v) is 19.4. The molecule has 0 aliphatic carbocycles. The van der Waals surface area contributed by atoms with Crippen LogP contribution in [0.25, 0.3) is 151 Å². The van der Waals surface area contributed by atoms with Gasteiger partial charge in [0, 0.05) is 123 Å². The molecule has 2 N–H and O–H groups in total. The Balaban J connectivity index is 0.000000124. The van der Waals surface area contributed by atoms with Gasteiger partial charge in [-0.15, -0.1) is 22.7 Å². The van der Waals surface area contributed by atoms with E-state index in [1.165, 1.54) is 114 Å². The largest absolute Gasteiger partial charge is 0.489 e. The first kappa shape index (κ1) is 73.0. The van der Waals surface area contributed by atoms with Crippen molar-refractivity contribution in [1.82, 2.24) is 9.13 Å². The fraction of sp³-hybridized carbons (Fsp3) is 0. The minimum absolute atomic E-state index is 0.542. The zero-order chi connectivity index (χ0) is 79.0. The molecule has 118 heavy (non-hydrogen) atoms. The lowest BCUT2D eigenvalue weighted by Gasteiger charge is -2.26. The Morgan fingerprint density at radius 2 is 0.483 bits per heavy atom. The maximum absolute atomic E-state index is 10.1. The molecule has 560 valence electrons. The van der Waals surface area contributed by atoms with E-state index in [1.807, 2.05) is 53.8 Å². The Morgan fingerprint density at radius 3 is 0.814 bits per heavy atom. The molecule has 0 fully saturated rings. The summed E-state index contributed by atoms with van der Waals surface area (Å²) in [5.74, 6) is 0. The number of hydrogen-bond acceptors (Lipinski definition) is 6. The molecule has 0 aliphatic rings. The summed E-state index contributed by atoms with van der Waals surface area (Å²) in [6.45, 7) is 0. The van der Waals surface area contributed by atoms with E-state index in [4.69, 9.17) is 0 Å². The predicted molar refractivity (Wildman–Crippen MR) is 508 cm³/mol. The Labute approximate surface area is 701 Å². The number of benzene rings is 18. The van der Waals surface area contributed by atoms with Gasteiger partial charge in [-0.25, -0.2) is 0 Å². The van der Waals surface area contributed by atoms with Gasteiger partial charge in [0.1, 0.15) is 0 Å². The summed E-state index contributed by atoms with van der Waals surface area (Å²) in [6, 6.07) is 155. The average Bonchev–Trinajstić information content (AvgIpc) is 1.58. The van der Waals surface area contributed by atoms with Gasteiger partial charge in [0.05, 0.1) is 22.1 Å². The molecule has 4 heterocycles. The summed E-state index contributed by atoms with van der Waals surface area (Å²) in [7, 11) is -1.53. The molecule has 18 aromatic carbocycles. The Bertz CT molecular complexity index is 7090. The molecule has 0 aliphatic heterocycles. The van der Waals surface area contributed by atoms with Crippen LogP contribution in [-0.4, -0.2) is 26.3 Å². The van der Waals surface area contributed by atoms with Crippen LogP contribution in [-0.2, 0) is 0 Å². The number of anilines is 6. The first-order valence-corrected chi connectivity index (χ1v) is 42.0. The van der Waals surface area contributed by atoms with Crippen molar-refractivity contribution >= 4 is 169 Å². The molecular weight excluding hydrogens is 1540 g/mol. The molecule has 0 saturated carbocycles. The van der Waals surface area contributed by atoms with Crippen molar-refractivity contribution < 1.29 is 10.0 Å². The third-order valence-corrected chi connectivity index (χ3v) is 25.3. The summed E-state index contributed by atoms with van der Waals surface area (Å²) in [5.41, 5.74) is 26.1. The van der Waals surface area contributed by atoms with Crippen molar-refractivity contribution in [3.8, 4) is 67.0 Å². The highest BCUT2D eigenvalue weighted by atomic mass is 79.9. The highest BCUT2D eigenvalue weighted by Gasteiger charge is 2.24. The lowest BCUT2D eigenvalue weighted by atomic mass is 9.79. The van der Waals surface area contributed by atoms with E-state index in [0.29, 0.717) is 5.46 Å².